The Morgan fingerprint density at radius 1 is 1.00 bits per heavy atom. The molecule has 0 bridgehead atoms. The fourth-order valence-corrected chi connectivity index (χ4v) is 5.71. The number of carbonyl (C=O) groups excluding carboxylic acids is 1. The monoisotopic (exact) mass is 659 g/mol. The predicted molar refractivity (Wildman–Crippen MR) is 167 cm³/mol. The van der Waals surface area contributed by atoms with Gasteiger partial charge in [-0.3, -0.25) is 9.78 Å². The average Bonchev–Trinajstić information content (AvgIpc) is 3.37. The summed E-state index contributed by atoms with van der Waals surface area (Å²) in [6.45, 7) is 0.813. The van der Waals surface area contributed by atoms with Gasteiger partial charge in [-0.05, 0) is 61.6 Å². The maximum absolute atomic E-state index is 15.6. The van der Waals surface area contributed by atoms with Gasteiger partial charge >= 0.3 is 0 Å². The maximum atomic E-state index is 15.6. The molecule has 2 fully saturated rings. The molecule has 248 valence electrons. The molecule has 0 radical (unpaired) electrons. The summed E-state index contributed by atoms with van der Waals surface area (Å²) in [5.74, 6) is -1.94. The first kappa shape index (κ1) is 31.7. The molecular weight excluding hydrogens is 627 g/mol. The number of carbonyl (C=O) groups is 1. The third kappa shape index (κ3) is 6.61. The van der Waals surface area contributed by atoms with Crippen LogP contribution in [0.5, 0.6) is 5.88 Å². The number of nitrogens with one attached hydrogen (secondary N) is 1. The summed E-state index contributed by atoms with van der Waals surface area (Å²) >= 11 is 0. The minimum atomic E-state index is -1.67. The lowest BCUT2D eigenvalue weighted by molar-refractivity contribution is -0.0590. The number of aliphatic hydroxyl groups is 2. The molecule has 1 amide bonds. The molecule has 0 spiro atoms. The molecule has 4 heterocycles. The molecule has 1 aliphatic carbocycles. The number of hydrogen-bond acceptors (Lipinski definition) is 8. The van der Waals surface area contributed by atoms with E-state index in [1.165, 1.54) is 18.3 Å². The van der Waals surface area contributed by atoms with Crippen molar-refractivity contribution in [2.75, 3.05) is 6.61 Å². The van der Waals surface area contributed by atoms with Crippen molar-refractivity contribution in [2.45, 2.75) is 63.7 Å². The molecule has 3 N–H and O–H groups in total. The van der Waals surface area contributed by atoms with E-state index in [0.29, 0.717) is 30.0 Å². The number of halogens is 3. The van der Waals surface area contributed by atoms with Gasteiger partial charge in [0.2, 0.25) is 5.88 Å². The Kier molecular flexibility index (Phi) is 8.82. The molecule has 1 aliphatic heterocycles. The van der Waals surface area contributed by atoms with Gasteiger partial charge in [0.15, 0.2) is 6.29 Å². The number of hydrogen-bond donors (Lipinski definition) is 3. The van der Waals surface area contributed by atoms with Gasteiger partial charge in [-0.25, -0.2) is 23.1 Å². The maximum Gasteiger partial charge on any atom is 0.270 e. The Morgan fingerprint density at radius 3 is 2.52 bits per heavy atom. The van der Waals surface area contributed by atoms with Crippen molar-refractivity contribution in [2.24, 2.45) is 0 Å². The number of nitrogens with zero attached hydrogens (tertiary/aromatic N) is 4. The summed E-state index contributed by atoms with van der Waals surface area (Å²) in [5, 5.41) is 22.2. The summed E-state index contributed by atoms with van der Waals surface area (Å²) in [6.07, 6.45) is 3.15. The number of ether oxygens (including phenoxy) is 2. The number of pyridine rings is 2. The van der Waals surface area contributed by atoms with Gasteiger partial charge in [0, 0.05) is 54.1 Å². The first-order chi connectivity index (χ1) is 23.2. The van der Waals surface area contributed by atoms with E-state index in [2.05, 4.69) is 20.3 Å². The second-order valence-electron chi connectivity index (χ2n) is 12.1. The zero-order valence-corrected chi connectivity index (χ0v) is 25.7. The molecule has 1 saturated carbocycles. The van der Waals surface area contributed by atoms with Crippen molar-refractivity contribution < 1.29 is 37.7 Å². The molecule has 48 heavy (non-hydrogen) atoms. The highest BCUT2D eigenvalue weighted by molar-refractivity contribution is 5.92. The SMILES string of the molecule is O=C(NC1CCC1)c1cc(F)c(COc2cccc(-c3cc(F)c(Cc4nc5ccc(C(O)O)cc5n4C[C@@H]4CCO4)cc3F)n2)cn1. The Balaban J connectivity index is 1.08. The highest BCUT2D eigenvalue weighted by atomic mass is 19.1. The number of rotatable bonds is 11. The fourth-order valence-electron chi connectivity index (χ4n) is 5.71. The quantitative estimate of drug-likeness (QED) is 0.166. The van der Waals surface area contributed by atoms with Crippen LogP contribution in [0.25, 0.3) is 22.3 Å². The summed E-state index contributed by atoms with van der Waals surface area (Å²) in [4.78, 5) is 25.3. The van der Waals surface area contributed by atoms with E-state index in [4.69, 9.17) is 9.47 Å². The molecule has 0 unspecified atom stereocenters. The Labute approximate surface area is 273 Å². The second kappa shape index (κ2) is 13.3. The largest absolute Gasteiger partial charge is 0.473 e. The minimum Gasteiger partial charge on any atom is -0.473 e. The standard InChI is InChI=1S/C35H32F3N5O5/c36-25-14-24(28-5-2-6-33(42-28)48-18-21-16-39-30(15-26(21)37)34(44)40-22-3-1-4-22)27(38)11-20(25)13-32-41-29-8-7-19(35(45)46)12-31(29)43(32)17-23-9-10-47-23/h2,5-8,11-12,14-16,22-23,35,45-46H,1,3-4,9-10,13,17-18H2,(H,40,44)/t23-/m0/s1. The third-order valence-corrected chi connectivity index (χ3v) is 8.79. The van der Waals surface area contributed by atoms with Crippen LogP contribution in [-0.2, 0) is 24.3 Å². The van der Waals surface area contributed by atoms with E-state index in [0.717, 1.165) is 43.9 Å². The van der Waals surface area contributed by atoms with Crippen molar-refractivity contribution in [1.82, 2.24) is 24.8 Å². The van der Waals surface area contributed by atoms with Crippen LogP contribution in [0.1, 0.15) is 65.0 Å². The number of aliphatic hydroxyl groups excluding tert-OH is 1. The lowest BCUT2D eigenvalue weighted by atomic mass is 9.93. The highest BCUT2D eigenvalue weighted by Crippen LogP contribution is 2.30. The van der Waals surface area contributed by atoms with E-state index < -0.39 is 29.6 Å². The zero-order valence-electron chi connectivity index (χ0n) is 25.7. The minimum absolute atomic E-state index is 0.0236. The predicted octanol–water partition coefficient (Wildman–Crippen LogP) is 5.13. The molecule has 1 atom stereocenters. The van der Waals surface area contributed by atoms with Crippen LogP contribution in [0, 0.1) is 17.5 Å². The zero-order chi connectivity index (χ0) is 33.4. The van der Waals surface area contributed by atoms with Gasteiger partial charge in [-0.1, -0.05) is 12.1 Å². The molecule has 7 rings (SSSR count). The van der Waals surface area contributed by atoms with Gasteiger partial charge in [-0.15, -0.1) is 0 Å². The first-order valence-corrected chi connectivity index (χ1v) is 15.7. The van der Waals surface area contributed by atoms with Gasteiger partial charge < -0.3 is 29.6 Å². The first-order valence-electron chi connectivity index (χ1n) is 15.7. The molecule has 2 aromatic carbocycles. The third-order valence-electron chi connectivity index (χ3n) is 8.79. The van der Waals surface area contributed by atoms with Crippen molar-refractivity contribution in [1.29, 1.82) is 0 Å². The van der Waals surface area contributed by atoms with Crippen LogP contribution < -0.4 is 10.1 Å². The topological polar surface area (TPSA) is 132 Å². The molecule has 1 saturated heterocycles. The molecule has 13 heteroatoms. The number of aromatic nitrogens is 4. The highest BCUT2D eigenvalue weighted by Gasteiger charge is 2.24. The average molecular weight is 660 g/mol. The Bertz CT molecular complexity index is 1990. The van der Waals surface area contributed by atoms with E-state index >= 15 is 8.78 Å². The molecule has 5 aromatic rings. The second-order valence-corrected chi connectivity index (χ2v) is 12.1. The van der Waals surface area contributed by atoms with Gasteiger partial charge in [-0.2, -0.15) is 0 Å². The summed E-state index contributed by atoms with van der Waals surface area (Å²) in [7, 11) is 0. The fraction of sp³-hybridized carbons (Fsp3) is 0.314. The molecular formula is C35H32F3N5O5. The van der Waals surface area contributed by atoms with E-state index in [9.17, 15) is 19.4 Å². The molecule has 3 aromatic heterocycles. The van der Waals surface area contributed by atoms with Gasteiger partial charge in [0.25, 0.3) is 5.91 Å². The summed E-state index contributed by atoms with van der Waals surface area (Å²) in [6, 6.07) is 12.7. The van der Waals surface area contributed by atoms with Crippen molar-refractivity contribution in [3.8, 4) is 17.1 Å². The van der Waals surface area contributed by atoms with Crippen LogP contribution in [0.3, 0.4) is 0 Å². The van der Waals surface area contributed by atoms with Crippen LogP contribution in [-0.4, -0.2) is 54.4 Å². The number of benzene rings is 2. The van der Waals surface area contributed by atoms with E-state index in [1.54, 1.807) is 24.3 Å². The number of imidazole rings is 1. The van der Waals surface area contributed by atoms with Crippen molar-refractivity contribution in [3.63, 3.8) is 0 Å². The van der Waals surface area contributed by atoms with Crippen LogP contribution in [0.2, 0.25) is 0 Å². The van der Waals surface area contributed by atoms with Gasteiger partial charge in [0.1, 0.15) is 35.6 Å². The Hall–Kier alpha value is -4.85. The van der Waals surface area contributed by atoms with Crippen LogP contribution >= 0.6 is 0 Å². The molecule has 10 nitrogen and oxygen atoms in total. The summed E-state index contributed by atoms with van der Waals surface area (Å²) in [5.41, 5.74) is 1.67. The molecule has 2 aliphatic rings. The number of amides is 1. The lowest BCUT2D eigenvalue weighted by Gasteiger charge is -2.27. The van der Waals surface area contributed by atoms with Crippen LogP contribution in [0.15, 0.2) is 60.8 Å². The normalized spacial score (nSPS) is 16.2. The van der Waals surface area contributed by atoms with E-state index in [-0.39, 0.29) is 64.7 Å². The van der Waals surface area contributed by atoms with Crippen molar-refractivity contribution in [3.05, 3.63) is 106 Å². The number of fused-ring (bicyclic) bond motifs is 1. The van der Waals surface area contributed by atoms with Gasteiger partial charge in [0.05, 0.1) is 29.4 Å². The van der Waals surface area contributed by atoms with Crippen molar-refractivity contribution >= 4 is 16.9 Å². The Morgan fingerprint density at radius 2 is 1.81 bits per heavy atom. The van der Waals surface area contributed by atoms with Crippen LogP contribution in [0.4, 0.5) is 13.2 Å². The smallest absolute Gasteiger partial charge is 0.270 e. The summed E-state index contributed by atoms with van der Waals surface area (Å²) < 4.78 is 59.0. The lowest BCUT2D eigenvalue weighted by Crippen LogP contribution is -2.39. The van der Waals surface area contributed by atoms with E-state index in [1.807, 2.05) is 4.57 Å².